The maximum atomic E-state index is 10.5. The van der Waals surface area contributed by atoms with Crippen molar-refractivity contribution in [1.82, 2.24) is 0 Å². The van der Waals surface area contributed by atoms with E-state index in [-0.39, 0.29) is 6.10 Å². The van der Waals surface area contributed by atoms with Crippen LogP contribution in [0.1, 0.15) is 78.1 Å². The number of rotatable bonds is 6. The average Bonchev–Trinajstić information content (AvgIpc) is 3.23. The third-order valence-corrected chi connectivity index (χ3v) is 6.95. The molecule has 3 aliphatic rings. The number of hydrogen-bond donors (Lipinski definition) is 1. The molecule has 124 valence electrons. The van der Waals surface area contributed by atoms with Gasteiger partial charge in [0.2, 0.25) is 0 Å². The second kappa shape index (κ2) is 6.51. The van der Waals surface area contributed by atoms with Crippen LogP contribution in [0.15, 0.2) is 23.8 Å². The Morgan fingerprint density at radius 1 is 1.36 bits per heavy atom. The molecule has 1 heteroatoms. The van der Waals surface area contributed by atoms with Gasteiger partial charge >= 0.3 is 0 Å². The molecule has 0 radical (unpaired) electrons. The fourth-order valence-corrected chi connectivity index (χ4v) is 5.01. The molecular formula is C21H34O. The molecule has 3 rings (SSSR count). The lowest BCUT2D eigenvalue weighted by molar-refractivity contribution is 0.143. The van der Waals surface area contributed by atoms with Crippen molar-refractivity contribution in [3.05, 3.63) is 23.8 Å². The largest absolute Gasteiger partial charge is 0.389 e. The van der Waals surface area contributed by atoms with E-state index in [2.05, 4.69) is 26.5 Å². The van der Waals surface area contributed by atoms with E-state index < -0.39 is 0 Å². The van der Waals surface area contributed by atoms with Crippen LogP contribution in [0, 0.1) is 23.2 Å². The Balaban J connectivity index is 1.57. The van der Waals surface area contributed by atoms with Crippen LogP contribution >= 0.6 is 0 Å². The quantitative estimate of drug-likeness (QED) is 0.629. The molecule has 3 saturated carbocycles. The molecule has 0 heterocycles. The molecule has 0 amide bonds. The molecule has 0 aromatic heterocycles. The van der Waals surface area contributed by atoms with Gasteiger partial charge in [0.05, 0.1) is 6.10 Å². The van der Waals surface area contributed by atoms with Crippen molar-refractivity contribution in [1.29, 1.82) is 0 Å². The van der Waals surface area contributed by atoms with Gasteiger partial charge in [-0.05, 0) is 74.5 Å². The highest BCUT2D eigenvalue weighted by Gasteiger charge is 2.47. The zero-order chi connectivity index (χ0) is 15.7. The Morgan fingerprint density at radius 3 is 2.86 bits per heavy atom. The van der Waals surface area contributed by atoms with Crippen molar-refractivity contribution < 1.29 is 5.11 Å². The number of hydrogen-bond acceptors (Lipinski definition) is 1. The van der Waals surface area contributed by atoms with E-state index in [4.69, 9.17) is 0 Å². The molecule has 3 aliphatic carbocycles. The van der Waals surface area contributed by atoms with Gasteiger partial charge in [0, 0.05) is 0 Å². The molecule has 0 aromatic carbocycles. The summed E-state index contributed by atoms with van der Waals surface area (Å²) in [5, 5.41) is 10.5. The zero-order valence-electron chi connectivity index (χ0n) is 14.6. The SMILES string of the molecule is C=C(CCC1CC1)C[C@H](O)/C=C1\CCCC2(C)C(C)CCC12. The number of aliphatic hydroxyl groups is 1. The molecule has 0 saturated heterocycles. The Kier molecular flexibility index (Phi) is 4.83. The van der Waals surface area contributed by atoms with Gasteiger partial charge in [-0.3, -0.25) is 0 Å². The Bertz CT molecular complexity index is 445. The van der Waals surface area contributed by atoms with Gasteiger partial charge in [-0.15, -0.1) is 0 Å². The Labute approximate surface area is 136 Å². The highest BCUT2D eigenvalue weighted by Crippen LogP contribution is 2.57. The summed E-state index contributed by atoms with van der Waals surface area (Å²) in [4.78, 5) is 0. The van der Waals surface area contributed by atoms with E-state index in [1.54, 1.807) is 5.57 Å². The van der Waals surface area contributed by atoms with E-state index in [0.29, 0.717) is 5.41 Å². The van der Waals surface area contributed by atoms with Gasteiger partial charge in [0.25, 0.3) is 0 Å². The van der Waals surface area contributed by atoms with Gasteiger partial charge in [0.15, 0.2) is 0 Å². The summed E-state index contributed by atoms with van der Waals surface area (Å²) in [6.07, 6.45) is 14.5. The maximum Gasteiger partial charge on any atom is 0.0760 e. The second-order valence-corrected chi connectivity index (χ2v) is 8.64. The fraction of sp³-hybridized carbons (Fsp3) is 0.810. The van der Waals surface area contributed by atoms with Gasteiger partial charge in [0.1, 0.15) is 0 Å². The molecule has 1 N–H and O–H groups in total. The third kappa shape index (κ3) is 3.50. The predicted octanol–water partition coefficient (Wildman–Crippen LogP) is 5.65. The lowest BCUT2D eigenvalue weighted by Crippen LogP contribution is -2.32. The van der Waals surface area contributed by atoms with Crippen molar-refractivity contribution in [3.63, 3.8) is 0 Å². The number of fused-ring (bicyclic) bond motifs is 1. The van der Waals surface area contributed by atoms with Crippen molar-refractivity contribution in [2.24, 2.45) is 23.2 Å². The van der Waals surface area contributed by atoms with Gasteiger partial charge in [-0.1, -0.05) is 50.5 Å². The van der Waals surface area contributed by atoms with E-state index in [9.17, 15) is 5.11 Å². The highest BCUT2D eigenvalue weighted by molar-refractivity contribution is 5.20. The lowest BCUT2D eigenvalue weighted by Gasteiger charge is -2.41. The molecule has 0 aliphatic heterocycles. The first-order valence-electron chi connectivity index (χ1n) is 9.54. The zero-order valence-corrected chi connectivity index (χ0v) is 14.6. The molecule has 22 heavy (non-hydrogen) atoms. The van der Waals surface area contributed by atoms with Crippen LogP contribution in [0.2, 0.25) is 0 Å². The molecule has 0 bridgehead atoms. The molecule has 4 atom stereocenters. The summed E-state index contributed by atoms with van der Waals surface area (Å²) in [7, 11) is 0. The first-order chi connectivity index (χ1) is 10.5. The molecule has 1 nitrogen and oxygen atoms in total. The molecular weight excluding hydrogens is 268 g/mol. The van der Waals surface area contributed by atoms with E-state index >= 15 is 0 Å². The highest BCUT2D eigenvalue weighted by atomic mass is 16.3. The minimum absolute atomic E-state index is 0.306. The molecule has 0 spiro atoms. The average molecular weight is 303 g/mol. The van der Waals surface area contributed by atoms with Crippen molar-refractivity contribution >= 4 is 0 Å². The van der Waals surface area contributed by atoms with E-state index in [1.165, 1.54) is 56.9 Å². The third-order valence-electron chi connectivity index (χ3n) is 6.95. The lowest BCUT2D eigenvalue weighted by atomic mass is 9.64. The van der Waals surface area contributed by atoms with Crippen LogP contribution in [0.25, 0.3) is 0 Å². The molecule has 3 fully saturated rings. The van der Waals surface area contributed by atoms with E-state index in [1.807, 2.05) is 0 Å². The topological polar surface area (TPSA) is 20.2 Å². The van der Waals surface area contributed by atoms with Crippen molar-refractivity contribution in [2.45, 2.75) is 84.2 Å². The van der Waals surface area contributed by atoms with Crippen LogP contribution in [-0.2, 0) is 0 Å². The standard InChI is InChI=1S/C21H34O/c1-15(6-8-17-9-10-17)13-19(22)14-18-5-4-12-21(3)16(2)7-11-20(18)21/h14,16-17,19-20,22H,1,4-13H2,2-3H3/b18-14+/t16?,19-,20?,21?/m0/s1. The maximum absolute atomic E-state index is 10.5. The minimum atomic E-state index is -0.306. The second-order valence-electron chi connectivity index (χ2n) is 8.64. The fourth-order valence-electron chi connectivity index (χ4n) is 5.01. The minimum Gasteiger partial charge on any atom is -0.389 e. The van der Waals surface area contributed by atoms with Gasteiger partial charge in [-0.25, -0.2) is 0 Å². The Hall–Kier alpha value is -0.560. The van der Waals surface area contributed by atoms with Gasteiger partial charge < -0.3 is 5.11 Å². The predicted molar refractivity (Wildman–Crippen MR) is 93.7 cm³/mol. The number of allylic oxidation sites excluding steroid dienone is 1. The summed E-state index contributed by atoms with van der Waals surface area (Å²) in [6, 6.07) is 0. The summed E-state index contributed by atoms with van der Waals surface area (Å²) >= 11 is 0. The normalized spacial score (nSPS) is 38.0. The van der Waals surface area contributed by atoms with Crippen LogP contribution in [-0.4, -0.2) is 11.2 Å². The van der Waals surface area contributed by atoms with E-state index in [0.717, 1.165) is 30.6 Å². The van der Waals surface area contributed by atoms with Gasteiger partial charge in [-0.2, -0.15) is 0 Å². The molecule has 3 unspecified atom stereocenters. The Morgan fingerprint density at radius 2 is 2.14 bits per heavy atom. The van der Waals surface area contributed by atoms with Crippen LogP contribution in [0.5, 0.6) is 0 Å². The monoisotopic (exact) mass is 302 g/mol. The molecule has 0 aromatic rings. The number of aliphatic hydroxyl groups excluding tert-OH is 1. The summed E-state index contributed by atoms with van der Waals surface area (Å²) < 4.78 is 0. The summed E-state index contributed by atoms with van der Waals surface area (Å²) in [6.45, 7) is 9.11. The summed E-state index contributed by atoms with van der Waals surface area (Å²) in [5.74, 6) is 2.53. The smallest absolute Gasteiger partial charge is 0.0760 e. The summed E-state index contributed by atoms with van der Waals surface area (Å²) in [5.41, 5.74) is 3.29. The van der Waals surface area contributed by atoms with Crippen molar-refractivity contribution in [3.8, 4) is 0 Å². The van der Waals surface area contributed by atoms with Crippen LogP contribution in [0.4, 0.5) is 0 Å². The van der Waals surface area contributed by atoms with Crippen LogP contribution < -0.4 is 0 Å². The van der Waals surface area contributed by atoms with Crippen molar-refractivity contribution in [2.75, 3.05) is 0 Å². The van der Waals surface area contributed by atoms with Crippen LogP contribution in [0.3, 0.4) is 0 Å². The first kappa shape index (κ1) is 16.3. The first-order valence-corrected chi connectivity index (χ1v) is 9.54.